The van der Waals surface area contributed by atoms with E-state index in [1.54, 1.807) is 24.3 Å². The van der Waals surface area contributed by atoms with Crippen LogP contribution in [0.25, 0.3) is 0 Å². The Hall–Kier alpha value is -2.27. The minimum atomic E-state index is -0.590. The van der Waals surface area contributed by atoms with E-state index in [2.05, 4.69) is 4.98 Å². The fourth-order valence-electron chi connectivity index (χ4n) is 2.13. The molecule has 2 N–H and O–H groups in total. The summed E-state index contributed by atoms with van der Waals surface area (Å²) < 4.78 is 0. The first kappa shape index (κ1) is 15.1. The summed E-state index contributed by atoms with van der Waals surface area (Å²) in [5, 5.41) is 0. The maximum Gasteiger partial charge on any atom is 0.237 e. The van der Waals surface area contributed by atoms with E-state index in [4.69, 9.17) is 18.0 Å². The van der Waals surface area contributed by atoms with Crippen molar-refractivity contribution in [3.8, 4) is 0 Å². The van der Waals surface area contributed by atoms with Crippen LogP contribution in [0, 0.1) is 0 Å². The van der Waals surface area contributed by atoms with Crippen LogP contribution >= 0.6 is 12.2 Å². The van der Waals surface area contributed by atoms with Crippen LogP contribution in [0.1, 0.15) is 17.0 Å². The average Bonchev–Trinajstić information content (AvgIpc) is 2.49. The van der Waals surface area contributed by atoms with Crippen LogP contribution in [0.2, 0.25) is 0 Å². The van der Waals surface area contributed by atoms with Crippen molar-refractivity contribution in [2.75, 3.05) is 7.05 Å². The second-order valence-electron chi connectivity index (χ2n) is 4.80. The quantitative estimate of drug-likeness (QED) is 0.859. The van der Waals surface area contributed by atoms with Crippen molar-refractivity contribution < 1.29 is 4.79 Å². The van der Waals surface area contributed by atoms with Crippen LogP contribution in [-0.4, -0.2) is 27.8 Å². The molecule has 0 aliphatic carbocycles. The molecule has 0 aliphatic rings. The standard InChI is InChI=1S/C16H17N3OS/c1-19(11-12-7-9-18-10-8-12)16(20)14(15(17)21)13-5-3-2-4-6-13/h2-10,14H,11H2,1H3,(H2,17,21). The molecule has 0 saturated carbocycles. The number of nitrogens with two attached hydrogens (primary N) is 1. The Morgan fingerprint density at radius 3 is 2.43 bits per heavy atom. The Morgan fingerprint density at radius 2 is 1.86 bits per heavy atom. The lowest BCUT2D eigenvalue weighted by atomic mass is 9.97. The van der Waals surface area contributed by atoms with Crippen molar-refractivity contribution in [3.63, 3.8) is 0 Å². The first-order valence-electron chi connectivity index (χ1n) is 6.57. The van der Waals surface area contributed by atoms with Gasteiger partial charge in [-0.2, -0.15) is 0 Å². The fraction of sp³-hybridized carbons (Fsp3) is 0.188. The van der Waals surface area contributed by atoms with E-state index in [1.165, 1.54) is 0 Å². The molecule has 1 aromatic carbocycles. The van der Waals surface area contributed by atoms with Crippen LogP contribution in [0.5, 0.6) is 0 Å². The van der Waals surface area contributed by atoms with Crippen molar-refractivity contribution >= 4 is 23.1 Å². The molecule has 0 bridgehead atoms. The van der Waals surface area contributed by atoms with Gasteiger partial charge in [-0.15, -0.1) is 0 Å². The lowest BCUT2D eigenvalue weighted by Gasteiger charge is -2.23. The molecule has 21 heavy (non-hydrogen) atoms. The van der Waals surface area contributed by atoms with Crippen molar-refractivity contribution in [2.24, 2.45) is 5.73 Å². The van der Waals surface area contributed by atoms with Crippen LogP contribution in [0.4, 0.5) is 0 Å². The highest BCUT2D eigenvalue weighted by atomic mass is 32.1. The van der Waals surface area contributed by atoms with Gasteiger partial charge in [-0.1, -0.05) is 42.5 Å². The Bertz CT molecular complexity index is 616. The summed E-state index contributed by atoms with van der Waals surface area (Å²) in [7, 11) is 1.75. The minimum Gasteiger partial charge on any atom is -0.392 e. The monoisotopic (exact) mass is 299 g/mol. The summed E-state index contributed by atoms with van der Waals surface area (Å²) in [6.45, 7) is 0.493. The number of rotatable bonds is 5. The summed E-state index contributed by atoms with van der Waals surface area (Å²) in [5.74, 6) is -0.696. The summed E-state index contributed by atoms with van der Waals surface area (Å²) in [6, 6.07) is 13.1. The van der Waals surface area contributed by atoms with Gasteiger partial charge in [0.05, 0.1) is 4.99 Å². The molecule has 1 unspecified atom stereocenters. The lowest BCUT2D eigenvalue weighted by Crippen LogP contribution is -2.37. The molecule has 2 rings (SSSR count). The maximum atomic E-state index is 12.6. The maximum absolute atomic E-state index is 12.6. The van der Waals surface area contributed by atoms with Gasteiger partial charge in [0, 0.05) is 26.0 Å². The highest BCUT2D eigenvalue weighted by Gasteiger charge is 2.26. The SMILES string of the molecule is CN(Cc1ccncc1)C(=O)C(C(N)=S)c1ccccc1. The lowest BCUT2D eigenvalue weighted by molar-refractivity contribution is -0.130. The summed E-state index contributed by atoms with van der Waals surface area (Å²) >= 11 is 5.08. The molecular formula is C16H17N3OS. The number of aromatic nitrogens is 1. The molecule has 1 heterocycles. The first-order valence-corrected chi connectivity index (χ1v) is 6.98. The summed E-state index contributed by atoms with van der Waals surface area (Å²) in [4.78, 5) is 18.4. The van der Waals surface area contributed by atoms with E-state index in [0.29, 0.717) is 6.54 Å². The van der Waals surface area contributed by atoms with Crippen LogP contribution < -0.4 is 5.73 Å². The van der Waals surface area contributed by atoms with Crippen LogP contribution in [-0.2, 0) is 11.3 Å². The third-order valence-corrected chi connectivity index (χ3v) is 3.45. The number of carbonyl (C=O) groups is 1. The number of nitrogens with zero attached hydrogens (tertiary/aromatic N) is 2. The molecule has 1 atom stereocenters. The zero-order valence-corrected chi connectivity index (χ0v) is 12.6. The van der Waals surface area contributed by atoms with Crippen molar-refractivity contribution in [2.45, 2.75) is 12.5 Å². The van der Waals surface area contributed by atoms with Gasteiger partial charge in [0.1, 0.15) is 5.92 Å². The van der Waals surface area contributed by atoms with E-state index < -0.39 is 5.92 Å². The Morgan fingerprint density at radius 1 is 1.24 bits per heavy atom. The number of carbonyl (C=O) groups excluding carboxylic acids is 1. The van der Waals surface area contributed by atoms with E-state index >= 15 is 0 Å². The van der Waals surface area contributed by atoms with E-state index in [-0.39, 0.29) is 10.9 Å². The zero-order chi connectivity index (χ0) is 15.2. The second-order valence-corrected chi connectivity index (χ2v) is 5.27. The zero-order valence-electron chi connectivity index (χ0n) is 11.8. The molecule has 4 nitrogen and oxygen atoms in total. The van der Waals surface area contributed by atoms with E-state index in [9.17, 15) is 4.79 Å². The number of amides is 1. The normalized spacial score (nSPS) is 11.7. The smallest absolute Gasteiger partial charge is 0.237 e. The second kappa shape index (κ2) is 6.95. The third kappa shape index (κ3) is 3.86. The number of pyridine rings is 1. The highest BCUT2D eigenvalue weighted by Crippen LogP contribution is 2.19. The van der Waals surface area contributed by atoms with Gasteiger partial charge < -0.3 is 10.6 Å². The van der Waals surface area contributed by atoms with Gasteiger partial charge in [-0.05, 0) is 23.3 Å². The number of hydrogen-bond donors (Lipinski definition) is 1. The molecule has 0 fully saturated rings. The van der Waals surface area contributed by atoms with Gasteiger partial charge in [0.2, 0.25) is 5.91 Å². The van der Waals surface area contributed by atoms with Gasteiger partial charge >= 0.3 is 0 Å². The topological polar surface area (TPSA) is 59.2 Å². The predicted octanol–water partition coefficient (Wildman–Crippen LogP) is 2.11. The third-order valence-electron chi connectivity index (χ3n) is 3.21. The molecule has 1 amide bonds. The van der Waals surface area contributed by atoms with Gasteiger partial charge in [-0.25, -0.2) is 0 Å². The van der Waals surface area contributed by atoms with E-state index in [0.717, 1.165) is 11.1 Å². The number of hydrogen-bond acceptors (Lipinski definition) is 3. The largest absolute Gasteiger partial charge is 0.392 e. The minimum absolute atomic E-state index is 0.106. The first-order chi connectivity index (χ1) is 10.1. The molecule has 108 valence electrons. The number of likely N-dealkylation sites (N-methyl/N-ethyl adjacent to an activating group) is 1. The van der Waals surface area contributed by atoms with Crippen LogP contribution in [0.15, 0.2) is 54.9 Å². The van der Waals surface area contributed by atoms with E-state index in [1.807, 2.05) is 42.5 Å². The predicted molar refractivity (Wildman–Crippen MR) is 86.7 cm³/mol. The molecule has 5 heteroatoms. The molecule has 1 aromatic heterocycles. The van der Waals surface area contributed by atoms with Crippen molar-refractivity contribution in [1.29, 1.82) is 0 Å². The summed E-state index contributed by atoms with van der Waals surface area (Å²) in [5.41, 5.74) is 7.60. The Kier molecular flexibility index (Phi) is 5.00. The molecule has 0 aliphatic heterocycles. The highest BCUT2D eigenvalue weighted by molar-refractivity contribution is 7.80. The van der Waals surface area contributed by atoms with Crippen molar-refractivity contribution in [3.05, 3.63) is 66.0 Å². The molecule has 0 saturated heterocycles. The molecule has 0 radical (unpaired) electrons. The Balaban J connectivity index is 2.17. The molecular weight excluding hydrogens is 282 g/mol. The Labute approximate surface area is 129 Å². The van der Waals surface area contributed by atoms with Crippen LogP contribution in [0.3, 0.4) is 0 Å². The summed E-state index contributed by atoms with van der Waals surface area (Å²) in [6.07, 6.45) is 3.41. The number of thiocarbonyl (C=S) groups is 1. The van der Waals surface area contributed by atoms with Gasteiger partial charge in [0.25, 0.3) is 0 Å². The fourth-order valence-corrected chi connectivity index (χ4v) is 2.37. The number of benzene rings is 1. The molecule has 2 aromatic rings. The van der Waals surface area contributed by atoms with Gasteiger partial charge in [-0.3, -0.25) is 9.78 Å². The average molecular weight is 299 g/mol. The van der Waals surface area contributed by atoms with Gasteiger partial charge in [0.15, 0.2) is 0 Å². The van der Waals surface area contributed by atoms with Crippen molar-refractivity contribution in [1.82, 2.24) is 9.88 Å². The molecule has 0 spiro atoms.